The fraction of sp³-hybridized carbons (Fsp3) is 0.400. The first-order chi connectivity index (χ1) is 6.65. The highest BCUT2D eigenvalue weighted by atomic mass is 16.1. The van der Waals surface area contributed by atoms with E-state index in [9.17, 15) is 9.59 Å². The molecule has 4 heteroatoms. The minimum absolute atomic E-state index is 0.000185. The Hall–Kier alpha value is -1.67. The molecule has 2 rings (SSSR count). The van der Waals surface area contributed by atoms with E-state index in [1.54, 1.807) is 4.57 Å². The lowest BCUT2D eigenvalue weighted by Gasteiger charge is -2.14. The van der Waals surface area contributed by atoms with Gasteiger partial charge in [0.25, 0.3) is 0 Å². The number of fused-ring (bicyclic) bond motifs is 1. The molecule has 0 spiro atoms. The normalized spacial score (nSPS) is 15.3. The van der Waals surface area contributed by atoms with Crippen LogP contribution in [0.25, 0.3) is 5.70 Å². The minimum Gasteiger partial charge on any atom is -0.291 e. The molecule has 1 aliphatic heterocycles. The number of carbonyl (C=O) groups is 1. The monoisotopic (exact) mass is 190 g/mol. The third-order valence-electron chi connectivity index (χ3n) is 2.57. The molecule has 0 aliphatic carbocycles. The van der Waals surface area contributed by atoms with Gasteiger partial charge >= 0.3 is 0 Å². The molecule has 72 valence electrons. The van der Waals surface area contributed by atoms with E-state index in [1.165, 1.54) is 0 Å². The van der Waals surface area contributed by atoms with Crippen LogP contribution < -0.4 is 0 Å². The van der Waals surface area contributed by atoms with Crippen molar-refractivity contribution in [3.8, 4) is 0 Å². The molecule has 0 bridgehead atoms. The zero-order valence-corrected chi connectivity index (χ0v) is 8.13. The molecule has 4 nitrogen and oxygen atoms in total. The Morgan fingerprint density at radius 2 is 2.07 bits per heavy atom. The number of hydrogen-bond donors (Lipinski definition) is 0. The molecule has 0 saturated carbocycles. The van der Waals surface area contributed by atoms with Crippen LogP contribution in [0.15, 0.2) is 0 Å². The molecule has 0 amide bonds. The summed E-state index contributed by atoms with van der Waals surface area (Å²) in [6.07, 6.45) is 0.826. The van der Waals surface area contributed by atoms with E-state index >= 15 is 0 Å². The largest absolute Gasteiger partial charge is 0.291 e. The highest BCUT2D eigenvalue weighted by Crippen LogP contribution is 2.24. The zero-order chi connectivity index (χ0) is 10.3. The van der Waals surface area contributed by atoms with Crippen LogP contribution in [-0.4, -0.2) is 21.3 Å². The van der Waals surface area contributed by atoms with Crippen molar-refractivity contribution in [2.24, 2.45) is 0 Å². The number of nitrogens with zero attached hydrogens (tertiary/aromatic N) is 2. The minimum atomic E-state index is 0.000185. The summed E-state index contributed by atoms with van der Waals surface area (Å²) in [5, 5.41) is 0. The van der Waals surface area contributed by atoms with E-state index in [4.69, 9.17) is 0 Å². The van der Waals surface area contributed by atoms with Crippen molar-refractivity contribution in [2.75, 3.05) is 0 Å². The van der Waals surface area contributed by atoms with Gasteiger partial charge in [0.1, 0.15) is 11.6 Å². The van der Waals surface area contributed by atoms with Crippen molar-refractivity contribution >= 4 is 17.4 Å². The Morgan fingerprint density at radius 1 is 1.36 bits per heavy atom. The topological polar surface area (TPSA) is 52.0 Å². The second-order valence-electron chi connectivity index (χ2n) is 3.41. The second-order valence-corrected chi connectivity index (χ2v) is 3.41. The molecule has 0 fully saturated rings. The van der Waals surface area contributed by atoms with Crippen LogP contribution in [0.3, 0.4) is 0 Å². The molecule has 0 atom stereocenters. The highest BCUT2D eigenvalue weighted by Gasteiger charge is 2.25. The number of imidazole rings is 1. The lowest BCUT2D eigenvalue weighted by atomic mass is 10.1. The Labute approximate surface area is 81.3 Å². The van der Waals surface area contributed by atoms with Crippen LogP contribution in [-0.2, 0) is 4.79 Å². The van der Waals surface area contributed by atoms with Crippen LogP contribution >= 0.6 is 0 Å². The molecule has 1 aliphatic rings. The van der Waals surface area contributed by atoms with Crippen molar-refractivity contribution in [1.82, 2.24) is 9.55 Å². The summed E-state index contributed by atoms with van der Waals surface area (Å²) in [6.45, 7) is 3.68. The van der Waals surface area contributed by atoms with E-state index in [0.29, 0.717) is 24.4 Å². The maximum atomic E-state index is 11.5. The van der Waals surface area contributed by atoms with Crippen LogP contribution in [0.2, 0.25) is 0 Å². The maximum absolute atomic E-state index is 11.5. The zero-order valence-electron chi connectivity index (χ0n) is 8.13. The van der Waals surface area contributed by atoms with E-state index in [0.717, 1.165) is 11.4 Å². The number of aryl methyl sites for hydroxylation is 1. The third kappa shape index (κ3) is 1.05. The average Bonchev–Trinajstić information content (AvgIpc) is 2.47. The third-order valence-corrected chi connectivity index (χ3v) is 2.57. The van der Waals surface area contributed by atoms with Gasteiger partial charge in [-0.2, -0.15) is 0 Å². The predicted molar refractivity (Wildman–Crippen MR) is 50.7 cm³/mol. The summed E-state index contributed by atoms with van der Waals surface area (Å²) in [4.78, 5) is 26.3. The standard InChI is InChI=1S/C10H10N2O2/c1-6-7(2)12-8(5-13)3-4-9(14)10(12)11-6/h3-4H2,1-2H3. The highest BCUT2D eigenvalue weighted by molar-refractivity contribution is 5.99. The molecule has 2 heterocycles. The van der Waals surface area contributed by atoms with Gasteiger partial charge in [-0.25, -0.2) is 9.78 Å². The van der Waals surface area contributed by atoms with Gasteiger partial charge in [0.05, 0.1) is 5.69 Å². The summed E-state index contributed by atoms with van der Waals surface area (Å²) in [5.41, 5.74) is 2.16. The smallest absolute Gasteiger partial charge is 0.199 e. The lowest BCUT2D eigenvalue weighted by molar-refractivity contribution is 0.0966. The summed E-state index contributed by atoms with van der Waals surface area (Å²) >= 11 is 0. The van der Waals surface area contributed by atoms with Gasteiger partial charge in [-0.1, -0.05) is 0 Å². The quantitative estimate of drug-likeness (QED) is 0.576. The number of hydrogen-bond acceptors (Lipinski definition) is 3. The van der Waals surface area contributed by atoms with Gasteiger partial charge in [0.15, 0.2) is 11.6 Å². The van der Waals surface area contributed by atoms with Crippen LogP contribution in [0.1, 0.15) is 34.8 Å². The molecule has 1 aromatic rings. The van der Waals surface area contributed by atoms with Gasteiger partial charge in [0, 0.05) is 18.5 Å². The van der Waals surface area contributed by atoms with E-state index in [-0.39, 0.29) is 5.78 Å². The molecule has 1 aromatic heterocycles. The number of allylic oxidation sites excluding steroid dienone is 1. The first kappa shape index (κ1) is 8.91. The maximum Gasteiger partial charge on any atom is 0.199 e. The van der Waals surface area contributed by atoms with Crippen molar-refractivity contribution in [3.63, 3.8) is 0 Å². The molecule has 14 heavy (non-hydrogen) atoms. The van der Waals surface area contributed by atoms with Gasteiger partial charge in [0.2, 0.25) is 0 Å². The Balaban J connectivity index is 2.76. The number of ketones is 1. The van der Waals surface area contributed by atoms with E-state index in [2.05, 4.69) is 4.98 Å². The summed E-state index contributed by atoms with van der Waals surface area (Å²) in [6, 6.07) is 0. The first-order valence-corrected chi connectivity index (χ1v) is 4.48. The van der Waals surface area contributed by atoms with E-state index in [1.807, 2.05) is 19.8 Å². The number of Topliss-reactive ketones (excluding diaryl/α,β-unsaturated/α-hetero) is 1. The van der Waals surface area contributed by atoms with Crippen molar-refractivity contribution in [2.45, 2.75) is 26.7 Å². The molecule has 0 unspecified atom stereocenters. The van der Waals surface area contributed by atoms with Crippen LogP contribution in [0.4, 0.5) is 0 Å². The van der Waals surface area contributed by atoms with Crippen molar-refractivity contribution in [1.29, 1.82) is 0 Å². The fourth-order valence-corrected chi connectivity index (χ4v) is 1.68. The second kappa shape index (κ2) is 2.93. The average molecular weight is 190 g/mol. The summed E-state index contributed by atoms with van der Waals surface area (Å²) in [7, 11) is 0. The van der Waals surface area contributed by atoms with E-state index < -0.39 is 0 Å². The van der Waals surface area contributed by atoms with Gasteiger partial charge in [-0.3, -0.25) is 9.36 Å². The molecule has 0 N–H and O–H groups in total. The first-order valence-electron chi connectivity index (χ1n) is 4.48. The predicted octanol–water partition coefficient (Wildman–Crippen LogP) is 1.15. The van der Waals surface area contributed by atoms with Crippen LogP contribution in [0, 0.1) is 13.8 Å². The Morgan fingerprint density at radius 3 is 2.71 bits per heavy atom. The Kier molecular flexibility index (Phi) is 1.86. The number of rotatable bonds is 0. The van der Waals surface area contributed by atoms with Crippen LogP contribution in [0.5, 0.6) is 0 Å². The van der Waals surface area contributed by atoms with Crippen molar-refractivity contribution < 1.29 is 9.59 Å². The number of aromatic nitrogens is 2. The molecule has 0 saturated heterocycles. The molecule has 0 aromatic carbocycles. The van der Waals surface area contributed by atoms with Crippen molar-refractivity contribution in [3.05, 3.63) is 17.2 Å². The summed E-state index contributed by atoms with van der Waals surface area (Å²) < 4.78 is 1.62. The number of carbonyl (C=O) groups excluding carboxylic acids is 2. The SMILES string of the molecule is Cc1nc2n(c1C)C(=C=O)CCC2=O. The fourth-order valence-electron chi connectivity index (χ4n) is 1.68. The molecule has 0 radical (unpaired) electrons. The van der Waals surface area contributed by atoms with Gasteiger partial charge in [-0.05, 0) is 13.8 Å². The Bertz CT molecular complexity index is 465. The van der Waals surface area contributed by atoms with Gasteiger partial charge < -0.3 is 0 Å². The molecular formula is C10H10N2O2. The molecular weight excluding hydrogens is 180 g/mol. The van der Waals surface area contributed by atoms with Gasteiger partial charge in [-0.15, -0.1) is 0 Å². The lowest BCUT2D eigenvalue weighted by Crippen LogP contribution is -2.17. The summed E-state index contributed by atoms with van der Waals surface area (Å²) in [5.74, 6) is 2.25.